The van der Waals surface area contributed by atoms with E-state index < -0.39 is 0 Å². The van der Waals surface area contributed by atoms with Crippen molar-refractivity contribution in [2.75, 3.05) is 13.2 Å². The molecular weight excluding hydrogens is 314 g/mol. The van der Waals surface area contributed by atoms with Crippen LogP contribution in [0.25, 0.3) is 0 Å². The lowest BCUT2D eigenvalue weighted by atomic mass is 10.2. The molecule has 0 radical (unpaired) electrons. The van der Waals surface area contributed by atoms with Gasteiger partial charge in [-0.1, -0.05) is 12.1 Å². The van der Waals surface area contributed by atoms with Gasteiger partial charge in [-0.15, -0.1) is 16.4 Å². The third kappa shape index (κ3) is 4.37. The van der Waals surface area contributed by atoms with Crippen LogP contribution >= 0.6 is 11.3 Å². The van der Waals surface area contributed by atoms with E-state index in [4.69, 9.17) is 5.73 Å². The van der Waals surface area contributed by atoms with Crippen LogP contribution in [-0.2, 0) is 13.1 Å². The lowest BCUT2D eigenvalue weighted by molar-refractivity contribution is 0.0560. The SMILES string of the molecule is CC[C@H](CO)N(Cc1ccc(C)s1)C(=O)c1cn(CCN)nn1. The molecule has 0 aromatic carbocycles. The van der Waals surface area contributed by atoms with Crippen LogP contribution in [-0.4, -0.2) is 50.1 Å². The normalized spacial score (nSPS) is 12.3. The molecule has 0 bridgehead atoms. The molecule has 2 aromatic heterocycles. The predicted octanol–water partition coefficient (Wildman–Crippen LogP) is 1.02. The average Bonchev–Trinajstić information content (AvgIpc) is 3.16. The minimum Gasteiger partial charge on any atom is -0.394 e. The largest absolute Gasteiger partial charge is 0.394 e. The van der Waals surface area contributed by atoms with Crippen LogP contribution in [0.4, 0.5) is 0 Å². The highest BCUT2D eigenvalue weighted by molar-refractivity contribution is 7.11. The average molecular weight is 337 g/mol. The fourth-order valence-electron chi connectivity index (χ4n) is 2.34. The fourth-order valence-corrected chi connectivity index (χ4v) is 3.23. The van der Waals surface area contributed by atoms with E-state index >= 15 is 0 Å². The van der Waals surface area contributed by atoms with E-state index in [1.54, 1.807) is 27.1 Å². The summed E-state index contributed by atoms with van der Waals surface area (Å²) in [5.41, 5.74) is 5.76. The van der Waals surface area contributed by atoms with Crippen LogP contribution in [0.5, 0.6) is 0 Å². The number of amides is 1. The molecule has 0 aliphatic carbocycles. The number of aliphatic hydroxyl groups is 1. The molecule has 0 saturated carbocycles. The first kappa shape index (κ1) is 17.6. The fraction of sp³-hybridized carbons (Fsp3) is 0.533. The topological polar surface area (TPSA) is 97.3 Å². The third-order valence-electron chi connectivity index (χ3n) is 3.62. The van der Waals surface area contributed by atoms with Crippen LogP contribution in [0, 0.1) is 6.92 Å². The van der Waals surface area contributed by atoms with E-state index in [2.05, 4.69) is 10.3 Å². The standard InChI is InChI=1S/C15H23N5O2S/c1-3-12(10-21)20(8-13-5-4-11(2)23-13)15(22)14-9-19(7-6-16)18-17-14/h4-5,9,12,21H,3,6-8,10,16H2,1-2H3/t12-/m1/s1. The van der Waals surface area contributed by atoms with Crippen molar-refractivity contribution in [3.63, 3.8) is 0 Å². The smallest absolute Gasteiger partial charge is 0.276 e. The van der Waals surface area contributed by atoms with Gasteiger partial charge in [0.1, 0.15) is 0 Å². The van der Waals surface area contributed by atoms with Gasteiger partial charge in [0.15, 0.2) is 5.69 Å². The monoisotopic (exact) mass is 337 g/mol. The van der Waals surface area contributed by atoms with Gasteiger partial charge in [0.2, 0.25) is 0 Å². The molecule has 1 atom stereocenters. The zero-order valence-electron chi connectivity index (χ0n) is 13.5. The molecule has 0 aliphatic rings. The molecule has 2 heterocycles. The zero-order valence-corrected chi connectivity index (χ0v) is 14.3. The quantitative estimate of drug-likeness (QED) is 0.749. The third-order valence-corrected chi connectivity index (χ3v) is 4.61. The Morgan fingerprint density at radius 1 is 1.52 bits per heavy atom. The van der Waals surface area contributed by atoms with Gasteiger partial charge in [-0.05, 0) is 25.5 Å². The Morgan fingerprint density at radius 3 is 2.87 bits per heavy atom. The summed E-state index contributed by atoms with van der Waals surface area (Å²) in [6, 6.07) is 3.79. The number of rotatable bonds is 8. The van der Waals surface area contributed by atoms with E-state index in [-0.39, 0.29) is 24.2 Å². The van der Waals surface area contributed by atoms with E-state index in [9.17, 15) is 9.90 Å². The summed E-state index contributed by atoms with van der Waals surface area (Å²) in [6.45, 7) is 5.31. The molecule has 1 amide bonds. The summed E-state index contributed by atoms with van der Waals surface area (Å²) in [6.07, 6.45) is 2.27. The Kier molecular flexibility index (Phi) is 6.26. The molecule has 0 aliphatic heterocycles. The van der Waals surface area contributed by atoms with Gasteiger partial charge >= 0.3 is 0 Å². The Balaban J connectivity index is 2.22. The van der Waals surface area contributed by atoms with Crippen LogP contribution in [0.15, 0.2) is 18.3 Å². The molecular formula is C15H23N5O2S. The number of hydrogen-bond acceptors (Lipinski definition) is 6. The van der Waals surface area contributed by atoms with E-state index in [0.29, 0.717) is 26.1 Å². The van der Waals surface area contributed by atoms with Gasteiger partial charge < -0.3 is 15.7 Å². The Hall–Kier alpha value is -1.77. The summed E-state index contributed by atoms with van der Waals surface area (Å²) in [7, 11) is 0. The van der Waals surface area contributed by atoms with Gasteiger partial charge in [0.25, 0.3) is 5.91 Å². The maximum absolute atomic E-state index is 12.8. The van der Waals surface area contributed by atoms with Crippen molar-refractivity contribution < 1.29 is 9.90 Å². The Bertz CT molecular complexity index is 635. The maximum atomic E-state index is 12.8. The molecule has 0 spiro atoms. The first-order valence-corrected chi connectivity index (χ1v) is 8.48. The predicted molar refractivity (Wildman–Crippen MR) is 89.2 cm³/mol. The molecule has 3 N–H and O–H groups in total. The highest BCUT2D eigenvalue weighted by atomic mass is 32.1. The van der Waals surface area contributed by atoms with E-state index in [0.717, 1.165) is 4.88 Å². The minimum atomic E-state index is -0.246. The Labute approximate surface area is 139 Å². The van der Waals surface area contributed by atoms with Crippen molar-refractivity contribution in [3.8, 4) is 0 Å². The number of aryl methyl sites for hydroxylation is 1. The summed E-state index contributed by atoms with van der Waals surface area (Å²) in [5.74, 6) is -0.222. The second-order valence-electron chi connectivity index (χ2n) is 5.35. The number of carbonyl (C=O) groups excluding carboxylic acids is 1. The van der Waals surface area contributed by atoms with Crippen molar-refractivity contribution in [2.24, 2.45) is 5.73 Å². The van der Waals surface area contributed by atoms with E-state index in [1.165, 1.54) is 4.88 Å². The van der Waals surface area contributed by atoms with Crippen molar-refractivity contribution >= 4 is 17.2 Å². The summed E-state index contributed by atoms with van der Waals surface area (Å²) < 4.78 is 1.56. The lowest BCUT2D eigenvalue weighted by Crippen LogP contribution is -2.41. The van der Waals surface area contributed by atoms with Gasteiger partial charge in [-0.3, -0.25) is 9.48 Å². The molecule has 7 nitrogen and oxygen atoms in total. The lowest BCUT2D eigenvalue weighted by Gasteiger charge is -2.28. The molecule has 2 rings (SSSR count). The number of carbonyl (C=O) groups is 1. The number of nitrogens with two attached hydrogens (primary N) is 1. The number of nitrogens with zero attached hydrogens (tertiary/aromatic N) is 4. The summed E-state index contributed by atoms with van der Waals surface area (Å²) in [5, 5.41) is 17.5. The van der Waals surface area contributed by atoms with Crippen LogP contribution < -0.4 is 5.73 Å². The number of aliphatic hydroxyl groups excluding tert-OH is 1. The molecule has 23 heavy (non-hydrogen) atoms. The van der Waals surface area contributed by atoms with Gasteiger partial charge in [-0.2, -0.15) is 0 Å². The van der Waals surface area contributed by atoms with Gasteiger partial charge in [0.05, 0.1) is 31.9 Å². The molecule has 2 aromatic rings. The van der Waals surface area contributed by atoms with Crippen molar-refractivity contribution in [3.05, 3.63) is 33.8 Å². The molecule has 126 valence electrons. The highest BCUT2D eigenvalue weighted by Crippen LogP contribution is 2.20. The van der Waals surface area contributed by atoms with Crippen LogP contribution in [0.3, 0.4) is 0 Å². The van der Waals surface area contributed by atoms with Crippen LogP contribution in [0.2, 0.25) is 0 Å². The van der Waals surface area contributed by atoms with Gasteiger partial charge in [0, 0.05) is 16.3 Å². The first-order chi connectivity index (χ1) is 11.1. The van der Waals surface area contributed by atoms with E-state index in [1.807, 2.05) is 26.0 Å². The molecule has 8 heteroatoms. The highest BCUT2D eigenvalue weighted by Gasteiger charge is 2.26. The first-order valence-electron chi connectivity index (χ1n) is 7.66. The summed E-state index contributed by atoms with van der Waals surface area (Å²) >= 11 is 1.65. The van der Waals surface area contributed by atoms with Crippen molar-refractivity contribution in [1.82, 2.24) is 19.9 Å². The molecule has 0 unspecified atom stereocenters. The molecule has 0 fully saturated rings. The van der Waals surface area contributed by atoms with Gasteiger partial charge in [-0.25, -0.2) is 0 Å². The second kappa shape index (κ2) is 8.19. The zero-order chi connectivity index (χ0) is 16.8. The van der Waals surface area contributed by atoms with Crippen LogP contribution in [0.1, 0.15) is 33.6 Å². The number of hydrogen-bond donors (Lipinski definition) is 2. The second-order valence-corrected chi connectivity index (χ2v) is 6.72. The summed E-state index contributed by atoms with van der Waals surface area (Å²) in [4.78, 5) is 16.7. The van der Waals surface area contributed by atoms with Crippen molar-refractivity contribution in [1.29, 1.82) is 0 Å². The number of aromatic nitrogens is 3. The van der Waals surface area contributed by atoms with Crippen molar-refractivity contribution in [2.45, 2.75) is 39.4 Å². The number of thiophene rings is 1. The molecule has 0 saturated heterocycles. The maximum Gasteiger partial charge on any atom is 0.276 e. The minimum absolute atomic E-state index is 0.0798. The Morgan fingerprint density at radius 2 is 2.30 bits per heavy atom.